The lowest BCUT2D eigenvalue weighted by Gasteiger charge is -2.39. The number of aromatic amines is 1. The van der Waals surface area contributed by atoms with Gasteiger partial charge in [0, 0.05) is 54.3 Å². The highest BCUT2D eigenvalue weighted by molar-refractivity contribution is 6.00. The zero-order valence-electron chi connectivity index (χ0n) is 20.4. The molecule has 6 rings (SSSR count). The lowest BCUT2D eigenvalue weighted by atomic mass is 9.85. The number of nitrogens with one attached hydrogen (secondary N) is 1. The Kier molecular flexibility index (Phi) is 5.57. The number of H-pyrrole nitrogens is 1. The van der Waals surface area contributed by atoms with Crippen LogP contribution in [0.1, 0.15) is 61.5 Å². The van der Waals surface area contributed by atoms with Gasteiger partial charge in [-0.15, -0.1) is 0 Å². The van der Waals surface area contributed by atoms with Crippen molar-refractivity contribution in [3.8, 4) is 22.6 Å². The van der Waals surface area contributed by atoms with Crippen molar-refractivity contribution in [1.82, 2.24) is 34.4 Å². The molecule has 2 aliphatic rings. The van der Waals surface area contributed by atoms with E-state index in [4.69, 9.17) is 10.7 Å². The molecule has 0 saturated carbocycles. The second-order valence-corrected chi connectivity index (χ2v) is 10.1. The van der Waals surface area contributed by atoms with Crippen molar-refractivity contribution in [2.24, 2.45) is 0 Å². The van der Waals surface area contributed by atoms with Crippen LogP contribution >= 0.6 is 0 Å². The summed E-state index contributed by atoms with van der Waals surface area (Å²) in [5.74, 6) is 1.06. The molecule has 2 aliphatic heterocycles. The van der Waals surface area contributed by atoms with E-state index in [0.717, 1.165) is 48.2 Å². The fraction of sp³-hybridized carbons (Fsp3) is 0.423. The molecule has 0 aromatic carbocycles. The number of hydrogen-bond acceptors (Lipinski definition) is 8. The van der Waals surface area contributed by atoms with Gasteiger partial charge in [0.25, 0.3) is 0 Å². The Hall–Kier alpha value is -3.63. The van der Waals surface area contributed by atoms with Crippen molar-refractivity contribution in [3.05, 3.63) is 48.2 Å². The fourth-order valence-corrected chi connectivity index (χ4v) is 6.09. The number of hydrogen-bond donors (Lipinski definition) is 3. The molecule has 4 atom stereocenters. The van der Waals surface area contributed by atoms with E-state index in [1.807, 2.05) is 19.1 Å². The van der Waals surface area contributed by atoms with Crippen LogP contribution in [-0.2, 0) is 0 Å². The maximum absolute atomic E-state index is 12.8. The number of fused-ring (bicyclic) bond motifs is 3. The molecule has 186 valence electrons. The minimum Gasteiger partial charge on any atom is -0.392 e. The van der Waals surface area contributed by atoms with Crippen molar-refractivity contribution in [1.29, 1.82) is 0 Å². The number of nitrogen functional groups attached to an aromatic ring is 1. The first kappa shape index (κ1) is 22.8. The number of carbonyl (C=O) groups excluding carboxylic acids is 1. The molecule has 1 unspecified atom stereocenters. The summed E-state index contributed by atoms with van der Waals surface area (Å²) in [6, 6.07) is 4.63. The van der Waals surface area contributed by atoms with Crippen LogP contribution in [0.2, 0.25) is 0 Å². The summed E-state index contributed by atoms with van der Waals surface area (Å²) in [4.78, 5) is 32.1. The van der Waals surface area contributed by atoms with Crippen molar-refractivity contribution in [3.63, 3.8) is 0 Å². The number of aromatic nitrogens is 6. The van der Waals surface area contributed by atoms with Crippen LogP contribution in [0.4, 0.5) is 5.82 Å². The van der Waals surface area contributed by atoms with Gasteiger partial charge >= 0.3 is 0 Å². The first-order valence-corrected chi connectivity index (χ1v) is 12.5. The average molecular weight is 487 g/mol. The average Bonchev–Trinajstić information content (AvgIpc) is 3.57. The van der Waals surface area contributed by atoms with Gasteiger partial charge in [0.1, 0.15) is 11.5 Å². The number of rotatable bonds is 6. The first-order valence-electron chi connectivity index (χ1n) is 12.5. The highest BCUT2D eigenvalue weighted by Gasteiger charge is 2.43. The summed E-state index contributed by atoms with van der Waals surface area (Å²) in [5, 5.41) is 14.5. The van der Waals surface area contributed by atoms with Crippen LogP contribution in [0.3, 0.4) is 0 Å². The Bertz CT molecular complexity index is 1400. The molecular weight excluding hydrogens is 456 g/mol. The Morgan fingerprint density at radius 3 is 2.61 bits per heavy atom. The van der Waals surface area contributed by atoms with E-state index < -0.39 is 0 Å². The van der Waals surface area contributed by atoms with Gasteiger partial charge in [-0.05, 0) is 45.6 Å². The number of anilines is 1. The third kappa shape index (κ3) is 3.77. The smallest absolute Gasteiger partial charge is 0.165 e. The van der Waals surface area contributed by atoms with Gasteiger partial charge in [0.05, 0.1) is 23.6 Å². The van der Waals surface area contributed by atoms with Crippen LogP contribution in [-0.4, -0.2) is 70.1 Å². The summed E-state index contributed by atoms with van der Waals surface area (Å²) in [7, 11) is 0. The van der Waals surface area contributed by atoms with Crippen LogP contribution in [0.25, 0.3) is 28.3 Å². The van der Waals surface area contributed by atoms with E-state index in [2.05, 4.69) is 25.0 Å². The van der Waals surface area contributed by atoms with E-state index in [-0.39, 0.29) is 17.8 Å². The Labute approximate surface area is 208 Å². The summed E-state index contributed by atoms with van der Waals surface area (Å²) in [6.07, 6.45) is 10.6. The number of piperidine rings is 1. The number of imidazole rings is 1. The maximum atomic E-state index is 12.8. The molecule has 6 heterocycles. The second-order valence-electron chi connectivity index (χ2n) is 10.1. The van der Waals surface area contributed by atoms with Gasteiger partial charge in [0.2, 0.25) is 0 Å². The van der Waals surface area contributed by atoms with Gasteiger partial charge < -0.3 is 15.8 Å². The van der Waals surface area contributed by atoms with E-state index >= 15 is 0 Å². The van der Waals surface area contributed by atoms with Crippen molar-refractivity contribution < 1.29 is 9.90 Å². The number of aliphatic hydroxyl groups is 1. The van der Waals surface area contributed by atoms with Gasteiger partial charge in [-0.2, -0.15) is 9.61 Å². The fourth-order valence-electron chi connectivity index (χ4n) is 6.09. The molecule has 4 N–H and O–H groups in total. The molecule has 4 aromatic heterocycles. The Morgan fingerprint density at radius 1 is 1.22 bits per heavy atom. The van der Waals surface area contributed by atoms with E-state index in [9.17, 15) is 9.90 Å². The van der Waals surface area contributed by atoms with Crippen molar-refractivity contribution >= 4 is 17.2 Å². The van der Waals surface area contributed by atoms with Gasteiger partial charge in [-0.25, -0.2) is 9.97 Å². The molecule has 36 heavy (non-hydrogen) atoms. The third-order valence-electron chi connectivity index (χ3n) is 7.62. The molecule has 0 radical (unpaired) electrons. The molecule has 10 nitrogen and oxygen atoms in total. The predicted octanol–water partition coefficient (Wildman–Crippen LogP) is 3.06. The zero-order valence-corrected chi connectivity index (χ0v) is 20.4. The minimum atomic E-state index is -0.357. The standard InChI is InChI=1S/C26H30N8O2/c1-14(35)13-33-18-4-5-19(33)10-17(9-18)23-22(15(2)36)24(27)34-26(32-23)20(12-31-34)16-3-6-21(30-11-16)25-28-7-8-29-25/h3,6-8,11-12,14,17-19,35H,4-5,9-10,13,27H2,1-2H3,(H,28,29)/t14-,17?,18-,19+/m1/s1. The Balaban J connectivity index is 1.40. The SMILES string of the molecule is CC(=O)c1c(C2C[C@H]3CC[C@@H](C2)N3C[C@@H](C)O)nc2c(-c3ccc(-c4ncc[nH]4)nc3)cnn2c1N. The van der Waals surface area contributed by atoms with E-state index in [0.29, 0.717) is 41.5 Å². The molecule has 0 spiro atoms. The molecular formula is C26H30N8O2. The van der Waals surface area contributed by atoms with Gasteiger partial charge in [-0.1, -0.05) is 6.07 Å². The second kappa shape index (κ2) is 8.79. The predicted molar refractivity (Wildman–Crippen MR) is 135 cm³/mol. The molecule has 0 aliphatic carbocycles. The zero-order chi connectivity index (χ0) is 25.0. The first-order chi connectivity index (χ1) is 17.4. The highest BCUT2D eigenvalue weighted by Crippen LogP contribution is 2.44. The number of Topliss-reactive ketones (excluding diaryl/α,β-unsaturated/α-hetero) is 1. The van der Waals surface area contributed by atoms with Crippen LogP contribution in [0.15, 0.2) is 36.9 Å². The maximum Gasteiger partial charge on any atom is 0.165 e. The summed E-state index contributed by atoms with van der Waals surface area (Å²) < 4.78 is 1.56. The lowest BCUT2D eigenvalue weighted by molar-refractivity contribution is 0.0637. The van der Waals surface area contributed by atoms with Crippen molar-refractivity contribution in [2.75, 3.05) is 12.3 Å². The number of carbonyl (C=O) groups is 1. The molecule has 0 amide bonds. The topological polar surface area (TPSA) is 138 Å². The molecule has 2 fully saturated rings. The number of ketones is 1. The minimum absolute atomic E-state index is 0.0998. The summed E-state index contributed by atoms with van der Waals surface area (Å²) >= 11 is 0. The van der Waals surface area contributed by atoms with E-state index in [1.54, 1.807) is 36.2 Å². The molecule has 2 bridgehead atoms. The normalized spacial score (nSPS) is 22.8. The van der Waals surface area contributed by atoms with Crippen LogP contribution in [0.5, 0.6) is 0 Å². The number of pyridine rings is 1. The Morgan fingerprint density at radius 2 is 2.00 bits per heavy atom. The van der Waals surface area contributed by atoms with Crippen LogP contribution in [0, 0.1) is 0 Å². The number of aliphatic hydroxyl groups excluding tert-OH is 1. The van der Waals surface area contributed by atoms with Gasteiger partial charge in [0.15, 0.2) is 17.3 Å². The number of nitrogens with zero attached hydrogens (tertiary/aromatic N) is 6. The van der Waals surface area contributed by atoms with E-state index in [1.165, 1.54) is 0 Å². The van der Waals surface area contributed by atoms with Gasteiger partial charge in [-0.3, -0.25) is 14.7 Å². The summed E-state index contributed by atoms with van der Waals surface area (Å²) in [5.41, 5.74) is 10.8. The van der Waals surface area contributed by atoms with Crippen LogP contribution < -0.4 is 5.73 Å². The largest absolute Gasteiger partial charge is 0.392 e. The molecule has 10 heteroatoms. The van der Waals surface area contributed by atoms with Crippen molar-refractivity contribution in [2.45, 2.75) is 63.6 Å². The lowest BCUT2D eigenvalue weighted by Crippen LogP contribution is -2.45. The highest BCUT2D eigenvalue weighted by atomic mass is 16.3. The molecule has 2 saturated heterocycles. The number of nitrogens with two attached hydrogens (primary N) is 1. The summed E-state index contributed by atoms with van der Waals surface area (Å²) in [6.45, 7) is 4.07. The quantitative estimate of drug-likeness (QED) is 0.354. The third-order valence-corrected chi connectivity index (χ3v) is 7.62. The monoisotopic (exact) mass is 486 g/mol. The molecule has 4 aromatic rings.